The Bertz CT molecular complexity index is 625. The van der Waals surface area contributed by atoms with Crippen molar-refractivity contribution >= 4 is 11.8 Å². The fourth-order valence-electron chi connectivity index (χ4n) is 2.96. The molecular formula is C19H29N3O4. The fraction of sp³-hybridized carbons (Fsp3) is 0.579. The highest BCUT2D eigenvalue weighted by molar-refractivity contribution is 5.88. The molecule has 7 nitrogen and oxygen atoms in total. The molecule has 2 rings (SSSR count). The van der Waals surface area contributed by atoms with Crippen LogP contribution in [-0.2, 0) is 16.1 Å². The monoisotopic (exact) mass is 363 g/mol. The van der Waals surface area contributed by atoms with Gasteiger partial charge in [-0.3, -0.25) is 14.5 Å². The van der Waals surface area contributed by atoms with E-state index in [4.69, 9.17) is 9.47 Å². The average molecular weight is 363 g/mol. The highest BCUT2D eigenvalue weighted by Gasteiger charge is 2.32. The van der Waals surface area contributed by atoms with Gasteiger partial charge in [0.05, 0.1) is 26.7 Å². The molecule has 1 aromatic carbocycles. The van der Waals surface area contributed by atoms with Gasteiger partial charge in [0.2, 0.25) is 11.8 Å². The molecule has 0 unspecified atom stereocenters. The zero-order chi connectivity index (χ0) is 19.3. The van der Waals surface area contributed by atoms with Gasteiger partial charge in [-0.15, -0.1) is 0 Å². The third-order valence-corrected chi connectivity index (χ3v) is 4.77. The number of ether oxygens (including phenoxy) is 2. The first-order valence-electron chi connectivity index (χ1n) is 8.85. The Morgan fingerprint density at radius 1 is 1.27 bits per heavy atom. The zero-order valence-electron chi connectivity index (χ0n) is 16.2. The Morgan fingerprint density at radius 3 is 2.42 bits per heavy atom. The second-order valence-electron chi connectivity index (χ2n) is 6.80. The van der Waals surface area contributed by atoms with Crippen LogP contribution in [0.15, 0.2) is 18.2 Å². The molecule has 0 bridgehead atoms. The van der Waals surface area contributed by atoms with Crippen LogP contribution in [0.5, 0.6) is 11.5 Å². The van der Waals surface area contributed by atoms with E-state index in [9.17, 15) is 9.59 Å². The van der Waals surface area contributed by atoms with Gasteiger partial charge in [0.1, 0.15) is 11.5 Å². The van der Waals surface area contributed by atoms with Crippen LogP contribution < -0.4 is 14.8 Å². The first kappa shape index (κ1) is 20.0. The van der Waals surface area contributed by atoms with Crippen LogP contribution in [0.1, 0.15) is 25.8 Å². The van der Waals surface area contributed by atoms with Gasteiger partial charge >= 0.3 is 0 Å². The van der Waals surface area contributed by atoms with Gasteiger partial charge in [-0.25, -0.2) is 0 Å². The number of carbonyl (C=O) groups is 2. The summed E-state index contributed by atoms with van der Waals surface area (Å²) in [5, 5.41) is 2.87. The minimum absolute atomic E-state index is 0.0322. The SMILES string of the molecule is COc1cc(CN2CCNC(=O)[C@H]2CC(=O)N(C)C(C)C)cc(OC)c1. The topological polar surface area (TPSA) is 71.1 Å². The lowest BCUT2D eigenvalue weighted by molar-refractivity contribution is -0.139. The maximum Gasteiger partial charge on any atom is 0.237 e. The molecule has 2 amide bonds. The summed E-state index contributed by atoms with van der Waals surface area (Å²) in [5.74, 6) is 1.27. The van der Waals surface area contributed by atoms with E-state index in [1.54, 1.807) is 26.2 Å². The number of piperazine rings is 1. The quantitative estimate of drug-likeness (QED) is 0.790. The highest BCUT2D eigenvalue weighted by Crippen LogP contribution is 2.24. The number of carbonyl (C=O) groups excluding carboxylic acids is 2. The number of benzene rings is 1. The van der Waals surface area contributed by atoms with Crippen LogP contribution in [0, 0.1) is 0 Å². The molecule has 7 heteroatoms. The Labute approximate surface area is 155 Å². The lowest BCUT2D eigenvalue weighted by Crippen LogP contribution is -2.56. The summed E-state index contributed by atoms with van der Waals surface area (Å²) in [6, 6.07) is 5.28. The molecule has 1 aliphatic heterocycles. The van der Waals surface area contributed by atoms with E-state index in [1.165, 1.54) is 0 Å². The molecule has 1 aliphatic rings. The van der Waals surface area contributed by atoms with E-state index in [0.717, 1.165) is 5.56 Å². The van der Waals surface area contributed by atoms with Gasteiger partial charge in [0, 0.05) is 38.8 Å². The zero-order valence-corrected chi connectivity index (χ0v) is 16.2. The summed E-state index contributed by atoms with van der Waals surface area (Å²) in [6.45, 7) is 5.72. The summed E-state index contributed by atoms with van der Waals surface area (Å²) in [7, 11) is 4.98. The molecule has 1 aromatic rings. The summed E-state index contributed by atoms with van der Waals surface area (Å²) in [4.78, 5) is 28.6. The average Bonchev–Trinajstić information content (AvgIpc) is 2.63. The summed E-state index contributed by atoms with van der Waals surface area (Å²) in [6.07, 6.45) is 0.168. The molecular weight excluding hydrogens is 334 g/mol. The van der Waals surface area contributed by atoms with Gasteiger partial charge in [-0.1, -0.05) is 0 Å². The van der Waals surface area contributed by atoms with Crippen molar-refractivity contribution in [3.63, 3.8) is 0 Å². The fourth-order valence-corrected chi connectivity index (χ4v) is 2.96. The number of hydrogen-bond acceptors (Lipinski definition) is 5. The predicted octanol–water partition coefficient (Wildman–Crippen LogP) is 1.26. The van der Waals surface area contributed by atoms with Crippen LogP contribution in [0.2, 0.25) is 0 Å². The van der Waals surface area contributed by atoms with Crippen molar-refractivity contribution in [2.75, 3.05) is 34.4 Å². The van der Waals surface area contributed by atoms with E-state index >= 15 is 0 Å². The molecule has 0 saturated carbocycles. The van der Waals surface area contributed by atoms with Crippen LogP contribution in [0.25, 0.3) is 0 Å². The van der Waals surface area contributed by atoms with Crippen molar-refractivity contribution in [2.24, 2.45) is 0 Å². The normalized spacial score (nSPS) is 17.8. The van der Waals surface area contributed by atoms with E-state index in [0.29, 0.717) is 31.1 Å². The van der Waals surface area contributed by atoms with Crippen LogP contribution in [-0.4, -0.2) is 68.1 Å². The molecule has 1 heterocycles. The van der Waals surface area contributed by atoms with Crippen molar-refractivity contribution in [1.29, 1.82) is 0 Å². The van der Waals surface area contributed by atoms with Crippen LogP contribution >= 0.6 is 0 Å². The van der Waals surface area contributed by atoms with Crippen LogP contribution in [0.3, 0.4) is 0 Å². The molecule has 0 aliphatic carbocycles. The Kier molecular flexibility index (Phi) is 6.85. The number of rotatable bonds is 7. The minimum Gasteiger partial charge on any atom is -0.497 e. The molecule has 26 heavy (non-hydrogen) atoms. The lowest BCUT2D eigenvalue weighted by atomic mass is 10.1. The predicted molar refractivity (Wildman–Crippen MR) is 99.3 cm³/mol. The first-order chi connectivity index (χ1) is 12.3. The highest BCUT2D eigenvalue weighted by atomic mass is 16.5. The number of amides is 2. The largest absolute Gasteiger partial charge is 0.497 e. The van der Waals surface area contributed by atoms with E-state index in [-0.39, 0.29) is 24.3 Å². The van der Waals surface area contributed by atoms with E-state index in [2.05, 4.69) is 5.32 Å². The molecule has 0 spiro atoms. The van der Waals surface area contributed by atoms with Crippen molar-refractivity contribution in [1.82, 2.24) is 15.1 Å². The molecule has 0 radical (unpaired) electrons. The van der Waals surface area contributed by atoms with Gasteiger partial charge in [0.15, 0.2) is 0 Å². The van der Waals surface area contributed by atoms with E-state index < -0.39 is 6.04 Å². The van der Waals surface area contributed by atoms with Crippen molar-refractivity contribution in [2.45, 2.75) is 38.9 Å². The summed E-state index contributed by atoms with van der Waals surface area (Å²) < 4.78 is 10.6. The number of nitrogens with zero attached hydrogens (tertiary/aromatic N) is 2. The number of methoxy groups -OCH3 is 2. The van der Waals surface area contributed by atoms with Gasteiger partial charge in [0.25, 0.3) is 0 Å². The Hall–Kier alpha value is -2.28. The van der Waals surface area contributed by atoms with Gasteiger partial charge in [-0.2, -0.15) is 0 Å². The van der Waals surface area contributed by atoms with Crippen molar-refractivity contribution < 1.29 is 19.1 Å². The standard InChI is InChI=1S/C19H29N3O4/c1-13(2)21(3)18(23)11-17-19(24)20-6-7-22(17)12-14-8-15(25-4)10-16(9-14)26-5/h8-10,13,17H,6-7,11-12H2,1-5H3,(H,20,24)/t17-/m1/s1. The summed E-state index contributed by atoms with van der Waals surface area (Å²) >= 11 is 0. The van der Waals surface area contributed by atoms with Gasteiger partial charge < -0.3 is 19.7 Å². The second-order valence-corrected chi connectivity index (χ2v) is 6.80. The third kappa shape index (κ3) is 4.88. The molecule has 1 fully saturated rings. The molecule has 144 valence electrons. The van der Waals surface area contributed by atoms with Crippen molar-refractivity contribution in [3.8, 4) is 11.5 Å². The van der Waals surface area contributed by atoms with Crippen LogP contribution in [0.4, 0.5) is 0 Å². The van der Waals surface area contributed by atoms with Gasteiger partial charge in [-0.05, 0) is 31.5 Å². The van der Waals surface area contributed by atoms with E-state index in [1.807, 2.05) is 36.9 Å². The lowest BCUT2D eigenvalue weighted by Gasteiger charge is -2.36. The molecule has 1 atom stereocenters. The molecule has 0 aromatic heterocycles. The molecule has 1 N–H and O–H groups in total. The first-order valence-corrected chi connectivity index (χ1v) is 8.85. The smallest absolute Gasteiger partial charge is 0.237 e. The molecule has 1 saturated heterocycles. The Morgan fingerprint density at radius 2 is 1.88 bits per heavy atom. The second kappa shape index (κ2) is 8.89. The maximum atomic E-state index is 12.5. The number of nitrogens with one attached hydrogen (secondary N) is 1. The summed E-state index contributed by atoms with van der Waals surface area (Å²) in [5.41, 5.74) is 0.977. The third-order valence-electron chi connectivity index (χ3n) is 4.77. The minimum atomic E-state index is -0.477. The van der Waals surface area contributed by atoms with Crippen molar-refractivity contribution in [3.05, 3.63) is 23.8 Å². The number of hydrogen-bond donors (Lipinski definition) is 1. The Balaban J connectivity index is 2.17. The maximum absolute atomic E-state index is 12.5.